The molecule has 0 radical (unpaired) electrons. The summed E-state index contributed by atoms with van der Waals surface area (Å²) in [4.78, 5) is 0. The Morgan fingerprint density at radius 1 is 0.500 bits per heavy atom. The molecule has 0 aromatic heterocycles. The lowest BCUT2D eigenvalue weighted by Gasteiger charge is -2.55. The predicted octanol–water partition coefficient (Wildman–Crippen LogP) is 6.51. The van der Waals surface area contributed by atoms with Crippen LogP contribution in [0.4, 0.5) is 0 Å². The lowest BCUT2D eigenvalue weighted by Crippen LogP contribution is -2.46. The van der Waals surface area contributed by atoms with Crippen molar-refractivity contribution in [1.29, 1.82) is 0 Å². The summed E-state index contributed by atoms with van der Waals surface area (Å²) >= 11 is 0. The van der Waals surface area contributed by atoms with E-state index < -0.39 is 0 Å². The van der Waals surface area contributed by atoms with Gasteiger partial charge in [-0.05, 0) is 106 Å². The zero-order valence-electron chi connectivity index (χ0n) is 14.4. The highest BCUT2D eigenvalue weighted by Crippen LogP contribution is 2.59. The Morgan fingerprint density at radius 2 is 1.32 bits per heavy atom. The minimum absolute atomic E-state index is 1.05. The van der Waals surface area contributed by atoms with E-state index in [0.29, 0.717) is 0 Å². The summed E-state index contributed by atoms with van der Waals surface area (Å²) in [6, 6.07) is 0. The smallest absolute Gasteiger partial charge is 0.0169 e. The minimum Gasteiger partial charge on any atom is -0.0707 e. The van der Waals surface area contributed by atoms with E-state index in [-0.39, 0.29) is 0 Å². The Labute approximate surface area is 137 Å². The van der Waals surface area contributed by atoms with Crippen LogP contribution in [0.1, 0.15) is 89.9 Å². The van der Waals surface area contributed by atoms with Gasteiger partial charge in [0.15, 0.2) is 0 Å². The van der Waals surface area contributed by atoms with Crippen molar-refractivity contribution in [2.45, 2.75) is 89.9 Å². The predicted molar refractivity (Wildman–Crippen MR) is 92.6 cm³/mol. The van der Waals surface area contributed by atoms with Gasteiger partial charge in [-0.25, -0.2) is 0 Å². The zero-order valence-corrected chi connectivity index (χ0v) is 14.4. The molecule has 0 aliphatic heterocycles. The molecule has 0 aromatic rings. The van der Waals surface area contributed by atoms with Crippen LogP contribution in [-0.2, 0) is 0 Å². The average molecular weight is 299 g/mol. The zero-order chi connectivity index (χ0) is 14.5. The molecule has 0 bridgehead atoms. The van der Waals surface area contributed by atoms with E-state index in [0.717, 1.165) is 35.5 Å². The molecule has 0 heteroatoms. The fourth-order valence-electron chi connectivity index (χ4n) is 7.85. The van der Waals surface area contributed by atoms with Crippen molar-refractivity contribution in [2.24, 2.45) is 35.5 Å². The van der Waals surface area contributed by atoms with E-state index in [9.17, 15) is 0 Å². The van der Waals surface area contributed by atoms with E-state index in [1.807, 2.05) is 11.1 Å². The first-order chi connectivity index (χ1) is 10.9. The van der Waals surface area contributed by atoms with E-state index >= 15 is 0 Å². The number of rotatable bonds is 0. The van der Waals surface area contributed by atoms with Gasteiger partial charge in [0.25, 0.3) is 0 Å². The van der Waals surface area contributed by atoms with E-state index in [1.54, 1.807) is 57.8 Å². The number of hydrogen-bond donors (Lipinski definition) is 0. The molecule has 5 aliphatic carbocycles. The van der Waals surface area contributed by atoms with Gasteiger partial charge in [0, 0.05) is 0 Å². The Hall–Kier alpha value is -0.260. The molecule has 0 spiro atoms. The average Bonchev–Trinajstić information content (AvgIpc) is 2.60. The van der Waals surface area contributed by atoms with Crippen LogP contribution in [0.15, 0.2) is 11.1 Å². The molecule has 0 saturated heterocycles. The molecule has 3 fully saturated rings. The summed E-state index contributed by atoms with van der Waals surface area (Å²) in [7, 11) is 0. The lowest BCUT2D eigenvalue weighted by molar-refractivity contribution is -0.0269. The summed E-state index contributed by atoms with van der Waals surface area (Å²) in [5.74, 6) is 6.72. The van der Waals surface area contributed by atoms with Gasteiger partial charge >= 0.3 is 0 Å². The lowest BCUT2D eigenvalue weighted by atomic mass is 9.50. The Morgan fingerprint density at radius 3 is 2.32 bits per heavy atom. The first-order valence-corrected chi connectivity index (χ1v) is 10.6. The van der Waals surface area contributed by atoms with Gasteiger partial charge in [-0.15, -0.1) is 0 Å². The van der Waals surface area contributed by atoms with Gasteiger partial charge < -0.3 is 0 Å². The summed E-state index contributed by atoms with van der Waals surface area (Å²) in [5.41, 5.74) is 3.95. The second-order valence-electron chi connectivity index (χ2n) is 9.34. The van der Waals surface area contributed by atoms with Gasteiger partial charge in [0.2, 0.25) is 0 Å². The highest BCUT2D eigenvalue weighted by Gasteiger charge is 2.49. The molecular formula is C22H34. The molecule has 3 saturated carbocycles. The normalized spacial score (nSPS) is 48.0. The van der Waals surface area contributed by atoms with Gasteiger partial charge in [-0.1, -0.05) is 30.4 Å². The summed E-state index contributed by atoms with van der Waals surface area (Å²) < 4.78 is 0. The first kappa shape index (κ1) is 14.1. The molecule has 5 rings (SSSR count). The SMILES string of the molecule is C1CCC2=C(C1)CCC1C2CCC2C3CCCCC3CCC12. The third-order valence-electron chi connectivity index (χ3n) is 8.67. The van der Waals surface area contributed by atoms with Gasteiger partial charge in [0.05, 0.1) is 0 Å². The van der Waals surface area contributed by atoms with Crippen LogP contribution in [0.25, 0.3) is 0 Å². The topological polar surface area (TPSA) is 0 Å². The van der Waals surface area contributed by atoms with E-state index in [2.05, 4.69) is 0 Å². The molecule has 0 heterocycles. The molecule has 6 unspecified atom stereocenters. The first-order valence-electron chi connectivity index (χ1n) is 10.6. The molecule has 6 atom stereocenters. The Balaban J connectivity index is 1.40. The fourth-order valence-corrected chi connectivity index (χ4v) is 7.85. The van der Waals surface area contributed by atoms with Crippen LogP contribution in [0.5, 0.6) is 0 Å². The molecule has 0 N–H and O–H groups in total. The van der Waals surface area contributed by atoms with Crippen LogP contribution in [0.2, 0.25) is 0 Å². The van der Waals surface area contributed by atoms with Crippen molar-refractivity contribution in [2.75, 3.05) is 0 Å². The molecule has 0 nitrogen and oxygen atoms in total. The van der Waals surface area contributed by atoms with E-state index in [1.165, 1.54) is 32.1 Å². The monoisotopic (exact) mass is 298 g/mol. The van der Waals surface area contributed by atoms with Crippen LogP contribution in [0.3, 0.4) is 0 Å². The van der Waals surface area contributed by atoms with Crippen molar-refractivity contribution in [3.8, 4) is 0 Å². The fraction of sp³-hybridized carbons (Fsp3) is 0.909. The maximum absolute atomic E-state index is 2.01. The molecule has 5 aliphatic rings. The van der Waals surface area contributed by atoms with Gasteiger partial charge in [-0.2, -0.15) is 0 Å². The van der Waals surface area contributed by atoms with Gasteiger partial charge in [-0.3, -0.25) is 0 Å². The maximum Gasteiger partial charge on any atom is -0.0169 e. The largest absolute Gasteiger partial charge is 0.0707 e. The maximum atomic E-state index is 2.01. The third-order valence-corrected chi connectivity index (χ3v) is 8.67. The van der Waals surface area contributed by atoms with Crippen molar-refractivity contribution in [3.63, 3.8) is 0 Å². The van der Waals surface area contributed by atoms with Crippen LogP contribution in [-0.4, -0.2) is 0 Å². The highest BCUT2D eigenvalue weighted by atomic mass is 14.5. The van der Waals surface area contributed by atoms with Crippen LogP contribution < -0.4 is 0 Å². The number of hydrogen-bond acceptors (Lipinski definition) is 0. The summed E-state index contributed by atoms with van der Waals surface area (Å²) in [6.45, 7) is 0. The summed E-state index contributed by atoms with van der Waals surface area (Å²) in [5, 5.41) is 0. The quantitative estimate of drug-likeness (QED) is 0.447. The van der Waals surface area contributed by atoms with Crippen molar-refractivity contribution < 1.29 is 0 Å². The molecule has 0 aromatic carbocycles. The molecule has 122 valence electrons. The number of fused-ring (bicyclic) bond motifs is 6. The second kappa shape index (κ2) is 5.67. The van der Waals surface area contributed by atoms with Crippen molar-refractivity contribution >= 4 is 0 Å². The van der Waals surface area contributed by atoms with E-state index in [4.69, 9.17) is 0 Å². The second-order valence-corrected chi connectivity index (χ2v) is 9.34. The number of allylic oxidation sites excluding steroid dienone is 2. The molecule has 22 heavy (non-hydrogen) atoms. The minimum atomic E-state index is 1.05. The van der Waals surface area contributed by atoms with Crippen LogP contribution >= 0.6 is 0 Å². The molecular weight excluding hydrogens is 264 g/mol. The standard InChI is InChI=1S/C22H34/c1-3-7-17-15(5-1)9-11-21-19(17)13-14-20-18-8-4-2-6-16(18)10-12-22(20)21/h15,17,19-22H,1-14H2. The van der Waals surface area contributed by atoms with Gasteiger partial charge in [0.1, 0.15) is 0 Å². The Kier molecular flexibility index (Phi) is 3.64. The highest BCUT2D eigenvalue weighted by molar-refractivity contribution is 5.25. The van der Waals surface area contributed by atoms with Crippen molar-refractivity contribution in [1.82, 2.24) is 0 Å². The molecule has 0 amide bonds. The Bertz CT molecular complexity index is 459. The van der Waals surface area contributed by atoms with Crippen molar-refractivity contribution in [3.05, 3.63) is 11.1 Å². The van der Waals surface area contributed by atoms with Crippen LogP contribution in [0, 0.1) is 35.5 Å². The third kappa shape index (κ3) is 2.15. The summed E-state index contributed by atoms with van der Waals surface area (Å²) in [6.07, 6.45) is 21.7.